The molecule has 0 aromatic heterocycles. The fourth-order valence-electron chi connectivity index (χ4n) is 2.92. The van der Waals surface area contributed by atoms with E-state index in [-0.39, 0.29) is 0 Å². The van der Waals surface area contributed by atoms with E-state index < -0.39 is 0 Å². The minimum Gasteiger partial charge on any atom is -0.381 e. The fraction of sp³-hybridized carbons (Fsp3) is 1.00. The van der Waals surface area contributed by atoms with E-state index >= 15 is 0 Å². The third kappa shape index (κ3) is 2.29. The third-order valence-electron chi connectivity index (χ3n) is 3.54. The van der Waals surface area contributed by atoms with Gasteiger partial charge < -0.3 is 10.1 Å². The summed E-state index contributed by atoms with van der Waals surface area (Å²) in [5, 5.41) is 3.52. The lowest BCUT2D eigenvalue weighted by molar-refractivity contribution is -0.0582. The summed E-state index contributed by atoms with van der Waals surface area (Å²) < 4.78 is 5.64. The Labute approximate surface area is 87.4 Å². The summed E-state index contributed by atoms with van der Waals surface area (Å²) in [5.41, 5.74) is 0.468. The molecule has 0 aromatic carbocycles. The standard InChI is InChI=1S/C12H23NO/c1-12(2,3)4-11-9-5-13-6-10(11)8-14-7-9/h9-11,13H,4-8H2,1-3H3. The summed E-state index contributed by atoms with van der Waals surface area (Å²) in [6, 6.07) is 0. The van der Waals surface area contributed by atoms with E-state index in [4.69, 9.17) is 4.74 Å². The number of nitrogens with one attached hydrogen (secondary N) is 1. The van der Waals surface area contributed by atoms with Crippen molar-refractivity contribution in [1.29, 1.82) is 0 Å². The molecule has 2 saturated heterocycles. The van der Waals surface area contributed by atoms with E-state index in [0.717, 1.165) is 44.1 Å². The van der Waals surface area contributed by atoms with Crippen LogP contribution in [-0.2, 0) is 4.74 Å². The smallest absolute Gasteiger partial charge is 0.0509 e. The average Bonchev–Trinajstić information content (AvgIpc) is 1.99. The monoisotopic (exact) mass is 197 g/mol. The van der Waals surface area contributed by atoms with Gasteiger partial charge in [0.2, 0.25) is 0 Å². The summed E-state index contributed by atoms with van der Waals surface area (Å²) in [7, 11) is 0. The van der Waals surface area contributed by atoms with Gasteiger partial charge in [-0.25, -0.2) is 0 Å². The minimum absolute atomic E-state index is 0.468. The molecule has 0 spiro atoms. The lowest BCUT2D eigenvalue weighted by Gasteiger charge is -2.45. The first-order chi connectivity index (χ1) is 6.56. The highest BCUT2D eigenvalue weighted by molar-refractivity contribution is 4.89. The van der Waals surface area contributed by atoms with Gasteiger partial charge in [0.25, 0.3) is 0 Å². The SMILES string of the molecule is CC(C)(C)CC1C2CNCC1COC2. The molecule has 2 unspecified atom stereocenters. The van der Waals surface area contributed by atoms with Crippen molar-refractivity contribution in [3.63, 3.8) is 0 Å². The first-order valence-corrected chi connectivity index (χ1v) is 5.85. The largest absolute Gasteiger partial charge is 0.381 e. The molecule has 0 radical (unpaired) electrons. The lowest BCUT2D eigenvalue weighted by Crippen LogP contribution is -2.51. The molecule has 2 rings (SSSR count). The van der Waals surface area contributed by atoms with E-state index in [0.29, 0.717) is 5.41 Å². The van der Waals surface area contributed by atoms with Crippen LogP contribution in [0.3, 0.4) is 0 Å². The second-order valence-corrected chi connectivity index (χ2v) is 6.14. The topological polar surface area (TPSA) is 21.3 Å². The van der Waals surface area contributed by atoms with E-state index in [9.17, 15) is 0 Å². The highest BCUT2D eigenvalue weighted by atomic mass is 16.5. The predicted octanol–water partition coefficient (Wildman–Crippen LogP) is 1.90. The van der Waals surface area contributed by atoms with Crippen molar-refractivity contribution >= 4 is 0 Å². The molecule has 0 amide bonds. The first kappa shape index (κ1) is 10.4. The maximum Gasteiger partial charge on any atom is 0.0509 e. The highest BCUT2D eigenvalue weighted by Crippen LogP contribution is 2.38. The van der Waals surface area contributed by atoms with Crippen molar-refractivity contribution in [2.24, 2.45) is 23.2 Å². The zero-order valence-corrected chi connectivity index (χ0v) is 9.68. The Kier molecular flexibility index (Phi) is 2.85. The predicted molar refractivity (Wildman–Crippen MR) is 58.2 cm³/mol. The van der Waals surface area contributed by atoms with Crippen LogP contribution in [-0.4, -0.2) is 26.3 Å². The molecule has 2 aliphatic heterocycles. The van der Waals surface area contributed by atoms with Gasteiger partial charge in [-0.2, -0.15) is 0 Å². The van der Waals surface area contributed by atoms with Crippen LogP contribution in [0.1, 0.15) is 27.2 Å². The minimum atomic E-state index is 0.468. The Morgan fingerprint density at radius 2 is 1.71 bits per heavy atom. The Balaban J connectivity index is 2.01. The second kappa shape index (κ2) is 3.82. The van der Waals surface area contributed by atoms with E-state index in [1.807, 2.05) is 0 Å². The molecule has 2 heteroatoms. The number of fused-ring (bicyclic) bond motifs is 2. The van der Waals surface area contributed by atoms with Crippen LogP contribution in [0.15, 0.2) is 0 Å². The number of rotatable bonds is 1. The number of hydrogen-bond acceptors (Lipinski definition) is 2. The Bertz CT molecular complexity index is 175. The van der Waals surface area contributed by atoms with Crippen LogP contribution in [0.4, 0.5) is 0 Å². The fourth-order valence-corrected chi connectivity index (χ4v) is 2.92. The molecule has 2 atom stereocenters. The van der Waals surface area contributed by atoms with E-state index in [1.54, 1.807) is 0 Å². The van der Waals surface area contributed by atoms with Crippen LogP contribution >= 0.6 is 0 Å². The molecule has 0 aromatic rings. The summed E-state index contributed by atoms with van der Waals surface area (Å²) in [5.74, 6) is 2.42. The maximum atomic E-state index is 5.64. The van der Waals surface area contributed by atoms with Gasteiger partial charge in [-0.15, -0.1) is 0 Å². The normalized spacial score (nSPS) is 38.4. The van der Waals surface area contributed by atoms with E-state index in [1.165, 1.54) is 6.42 Å². The van der Waals surface area contributed by atoms with Crippen LogP contribution in [0.5, 0.6) is 0 Å². The van der Waals surface area contributed by atoms with Crippen LogP contribution < -0.4 is 5.32 Å². The second-order valence-electron chi connectivity index (χ2n) is 6.14. The summed E-state index contributed by atoms with van der Waals surface area (Å²) in [4.78, 5) is 0. The van der Waals surface area contributed by atoms with Gasteiger partial charge in [0.15, 0.2) is 0 Å². The zero-order valence-electron chi connectivity index (χ0n) is 9.68. The highest BCUT2D eigenvalue weighted by Gasteiger charge is 2.38. The van der Waals surface area contributed by atoms with Gasteiger partial charge in [0.1, 0.15) is 0 Å². The molecule has 0 aliphatic carbocycles. The first-order valence-electron chi connectivity index (χ1n) is 5.85. The van der Waals surface area contributed by atoms with Crippen molar-refractivity contribution in [2.45, 2.75) is 27.2 Å². The Morgan fingerprint density at radius 1 is 1.14 bits per heavy atom. The van der Waals surface area contributed by atoms with Gasteiger partial charge in [-0.1, -0.05) is 20.8 Å². The third-order valence-corrected chi connectivity index (χ3v) is 3.54. The summed E-state index contributed by atoms with van der Waals surface area (Å²) in [6.45, 7) is 11.3. The molecule has 2 heterocycles. The summed E-state index contributed by atoms with van der Waals surface area (Å²) in [6.07, 6.45) is 1.35. The average molecular weight is 197 g/mol. The molecular formula is C12H23NO. The quantitative estimate of drug-likeness (QED) is 0.693. The van der Waals surface area contributed by atoms with Gasteiger partial charge in [0, 0.05) is 13.1 Å². The van der Waals surface area contributed by atoms with Crippen molar-refractivity contribution in [3.8, 4) is 0 Å². The zero-order chi connectivity index (χ0) is 10.2. The molecule has 2 nitrogen and oxygen atoms in total. The van der Waals surface area contributed by atoms with Crippen LogP contribution in [0.25, 0.3) is 0 Å². The van der Waals surface area contributed by atoms with Gasteiger partial charge >= 0.3 is 0 Å². The Morgan fingerprint density at radius 3 is 2.21 bits per heavy atom. The number of ether oxygens (including phenoxy) is 1. The van der Waals surface area contributed by atoms with Gasteiger partial charge in [-0.05, 0) is 29.6 Å². The van der Waals surface area contributed by atoms with Gasteiger partial charge in [0.05, 0.1) is 13.2 Å². The van der Waals surface area contributed by atoms with E-state index in [2.05, 4.69) is 26.1 Å². The van der Waals surface area contributed by atoms with Crippen molar-refractivity contribution < 1.29 is 4.74 Å². The molecule has 1 N–H and O–H groups in total. The molecule has 2 fully saturated rings. The summed E-state index contributed by atoms with van der Waals surface area (Å²) >= 11 is 0. The van der Waals surface area contributed by atoms with Crippen LogP contribution in [0.2, 0.25) is 0 Å². The van der Waals surface area contributed by atoms with Crippen molar-refractivity contribution in [2.75, 3.05) is 26.3 Å². The molecule has 2 aliphatic rings. The van der Waals surface area contributed by atoms with Crippen LogP contribution in [0, 0.1) is 23.2 Å². The van der Waals surface area contributed by atoms with Crippen molar-refractivity contribution in [1.82, 2.24) is 5.32 Å². The molecule has 2 bridgehead atoms. The Hall–Kier alpha value is -0.0800. The van der Waals surface area contributed by atoms with Crippen molar-refractivity contribution in [3.05, 3.63) is 0 Å². The number of piperidine rings is 1. The van der Waals surface area contributed by atoms with Gasteiger partial charge in [-0.3, -0.25) is 0 Å². The molecule has 0 saturated carbocycles. The number of hydrogen-bond donors (Lipinski definition) is 1. The maximum absolute atomic E-state index is 5.64. The molecule has 14 heavy (non-hydrogen) atoms. The molecular weight excluding hydrogens is 174 g/mol. The lowest BCUT2D eigenvalue weighted by atomic mass is 9.70. The molecule has 82 valence electrons.